The van der Waals surface area contributed by atoms with E-state index in [-0.39, 0.29) is 11.8 Å². The standard InChI is InChI=1S/C17H25N3O3/c1-4-23-16-8-6-5-7-15(16)19-9-11-20(12-10-19)17(22)13(2)18-14(3)21/h5-8,13H,4,9-12H2,1-3H3,(H,18,21). The number of hydrogen-bond acceptors (Lipinski definition) is 4. The van der Waals surface area contributed by atoms with Gasteiger partial charge in [-0.1, -0.05) is 12.1 Å². The van der Waals surface area contributed by atoms with Crippen LogP contribution < -0.4 is 15.0 Å². The number of nitrogens with zero attached hydrogens (tertiary/aromatic N) is 2. The highest BCUT2D eigenvalue weighted by atomic mass is 16.5. The van der Waals surface area contributed by atoms with E-state index >= 15 is 0 Å². The van der Waals surface area contributed by atoms with E-state index < -0.39 is 6.04 Å². The number of hydrogen-bond donors (Lipinski definition) is 1. The second-order valence-corrected chi connectivity index (χ2v) is 5.64. The van der Waals surface area contributed by atoms with E-state index in [4.69, 9.17) is 4.74 Å². The fraction of sp³-hybridized carbons (Fsp3) is 0.529. The number of rotatable bonds is 5. The Morgan fingerprint density at radius 2 is 1.87 bits per heavy atom. The first-order chi connectivity index (χ1) is 11.0. The average molecular weight is 319 g/mol. The lowest BCUT2D eigenvalue weighted by molar-refractivity contribution is -0.135. The molecule has 23 heavy (non-hydrogen) atoms. The lowest BCUT2D eigenvalue weighted by Gasteiger charge is -2.37. The molecule has 0 aliphatic carbocycles. The summed E-state index contributed by atoms with van der Waals surface area (Å²) >= 11 is 0. The van der Waals surface area contributed by atoms with E-state index in [9.17, 15) is 9.59 Å². The second kappa shape index (κ2) is 7.85. The number of benzene rings is 1. The molecule has 1 unspecified atom stereocenters. The Bertz CT molecular complexity index is 554. The van der Waals surface area contributed by atoms with Gasteiger partial charge < -0.3 is 19.9 Å². The number of para-hydroxylation sites is 2. The van der Waals surface area contributed by atoms with Crippen LogP contribution in [0.25, 0.3) is 0 Å². The Balaban J connectivity index is 1.96. The summed E-state index contributed by atoms with van der Waals surface area (Å²) in [5.74, 6) is 0.662. The van der Waals surface area contributed by atoms with Gasteiger partial charge in [0.25, 0.3) is 0 Å². The van der Waals surface area contributed by atoms with Gasteiger partial charge in [-0.15, -0.1) is 0 Å². The Labute approximate surface area is 137 Å². The van der Waals surface area contributed by atoms with Gasteiger partial charge in [0.05, 0.1) is 12.3 Å². The number of nitrogens with one attached hydrogen (secondary N) is 1. The monoisotopic (exact) mass is 319 g/mol. The molecule has 1 aromatic carbocycles. The number of carbonyl (C=O) groups excluding carboxylic acids is 2. The lowest BCUT2D eigenvalue weighted by Crippen LogP contribution is -2.54. The van der Waals surface area contributed by atoms with Crippen LogP contribution in [0.4, 0.5) is 5.69 Å². The summed E-state index contributed by atoms with van der Waals surface area (Å²) in [4.78, 5) is 27.4. The largest absolute Gasteiger partial charge is 0.492 e. The summed E-state index contributed by atoms with van der Waals surface area (Å²) in [6, 6.07) is 7.49. The Morgan fingerprint density at radius 3 is 2.48 bits per heavy atom. The summed E-state index contributed by atoms with van der Waals surface area (Å²) < 4.78 is 5.68. The van der Waals surface area contributed by atoms with Gasteiger partial charge in [-0.3, -0.25) is 9.59 Å². The molecule has 1 fully saturated rings. The third-order valence-corrected chi connectivity index (χ3v) is 3.89. The van der Waals surface area contributed by atoms with Gasteiger partial charge >= 0.3 is 0 Å². The van der Waals surface area contributed by atoms with Crippen LogP contribution in [-0.2, 0) is 9.59 Å². The van der Waals surface area contributed by atoms with E-state index in [2.05, 4.69) is 10.2 Å². The predicted molar refractivity (Wildman–Crippen MR) is 89.7 cm³/mol. The SMILES string of the molecule is CCOc1ccccc1N1CCN(C(=O)C(C)NC(C)=O)CC1. The van der Waals surface area contributed by atoms with Gasteiger partial charge in [0.1, 0.15) is 11.8 Å². The lowest BCUT2D eigenvalue weighted by atomic mass is 10.2. The molecule has 6 heteroatoms. The molecule has 1 aliphatic rings. The smallest absolute Gasteiger partial charge is 0.244 e. The number of anilines is 1. The van der Waals surface area contributed by atoms with Crippen LogP contribution in [0.15, 0.2) is 24.3 Å². The van der Waals surface area contributed by atoms with Gasteiger partial charge in [0, 0.05) is 33.1 Å². The second-order valence-electron chi connectivity index (χ2n) is 5.64. The summed E-state index contributed by atoms with van der Waals surface area (Å²) in [5.41, 5.74) is 1.07. The molecule has 0 spiro atoms. The van der Waals surface area contributed by atoms with Crippen molar-refractivity contribution >= 4 is 17.5 Å². The van der Waals surface area contributed by atoms with Gasteiger partial charge in [-0.05, 0) is 26.0 Å². The van der Waals surface area contributed by atoms with E-state index in [0.717, 1.165) is 24.5 Å². The minimum atomic E-state index is -0.477. The van der Waals surface area contributed by atoms with Crippen molar-refractivity contribution in [1.29, 1.82) is 0 Å². The van der Waals surface area contributed by atoms with Crippen molar-refractivity contribution in [3.05, 3.63) is 24.3 Å². The Kier molecular flexibility index (Phi) is 5.84. The molecule has 0 radical (unpaired) electrons. The molecule has 1 saturated heterocycles. The van der Waals surface area contributed by atoms with Crippen LogP contribution in [0.1, 0.15) is 20.8 Å². The van der Waals surface area contributed by atoms with E-state index in [1.807, 2.05) is 31.2 Å². The first kappa shape index (κ1) is 17.1. The summed E-state index contributed by atoms with van der Waals surface area (Å²) in [7, 11) is 0. The number of ether oxygens (including phenoxy) is 1. The molecule has 0 bridgehead atoms. The quantitative estimate of drug-likeness (QED) is 0.887. The van der Waals surface area contributed by atoms with Crippen LogP contribution in [0.3, 0.4) is 0 Å². The molecule has 0 saturated carbocycles. The Hall–Kier alpha value is -2.24. The summed E-state index contributed by atoms with van der Waals surface area (Å²) in [6.45, 7) is 8.53. The molecular formula is C17H25N3O3. The highest BCUT2D eigenvalue weighted by Gasteiger charge is 2.26. The third kappa shape index (κ3) is 4.37. The zero-order valence-corrected chi connectivity index (χ0v) is 14.0. The molecule has 1 aromatic rings. The molecule has 0 aromatic heterocycles. The summed E-state index contributed by atoms with van der Waals surface area (Å²) in [6.07, 6.45) is 0. The average Bonchev–Trinajstić information content (AvgIpc) is 2.54. The van der Waals surface area contributed by atoms with Gasteiger partial charge in [0.15, 0.2) is 0 Å². The van der Waals surface area contributed by atoms with Crippen molar-refractivity contribution in [3.63, 3.8) is 0 Å². The molecule has 2 amide bonds. The molecule has 2 rings (SSSR count). The topological polar surface area (TPSA) is 61.9 Å². The van der Waals surface area contributed by atoms with Crippen LogP contribution in [0.5, 0.6) is 5.75 Å². The molecule has 1 heterocycles. The highest BCUT2D eigenvalue weighted by Crippen LogP contribution is 2.28. The van der Waals surface area contributed by atoms with E-state index in [1.54, 1.807) is 11.8 Å². The van der Waals surface area contributed by atoms with Crippen LogP contribution in [0, 0.1) is 0 Å². The van der Waals surface area contributed by atoms with Crippen molar-refractivity contribution in [2.45, 2.75) is 26.8 Å². The normalized spacial score (nSPS) is 16.0. The van der Waals surface area contributed by atoms with Crippen LogP contribution in [-0.4, -0.2) is 55.5 Å². The molecule has 126 valence electrons. The minimum absolute atomic E-state index is 0.0297. The zero-order valence-electron chi connectivity index (χ0n) is 14.0. The molecular weight excluding hydrogens is 294 g/mol. The van der Waals surface area contributed by atoms with Crippen LogP contribution in [0.2, 0.25) is 0 Å². The number of piperazine rings is 1. The Morgan fingerprint density at radius 1 is 1.22 bits per heavy atom. The fourth-order valence-corrected chi connectivity index (χ4v) is 2.80. The van der Waals surface area contributed by atoms with Gasteiger partial charge in [-0.25, -0.2) is 0 Å². The van der Waals surface area contributed by atoms with Crippen molar-refractivity contribution in [1.82, 2.24) is 10.2 Å². The molecule has 6 nitrogen and oxygen atoms in total. The van der Waals surface area contributed by atoms with Crippen molar-refractivity contribution in [2.75, 3.05) is 37.7 Å². The fourth-order valence-electron chi connectivity index (χ4n) is 2.80. The van der Waals surface area contributed by atoms with Crippen molar-refractivity contribution < 1.29 is 14.3 Å². The first-order valence-electron chi connectivity index (χ1n) is 8.05. The van der Waals surface area contributed by atoms with Crippen molar-refractivity contribution in [2.24, 2.45) is 0 Å². The maximum absolute atomic E-state index is 12.3. The zero-order chi connectivity index (χ0) is 16.8. The van der Waals surface area contributed by atoms with Gasteiger partial charge in [0.2, 0.25) is 11.8 Å². The predicted octanol–water partition coefficient (Wildman–Crippen LogP) is 1.26. The van der Waals surface area contributed by atoms with Gasteiger partial charge in [-0.2, -0.15) is 0 Å². The summed E-state index contributed by atoms with van der Waals surface area (Å²) in [5, 5.41) is 2.64. The third-order valence-electron chi connectivity index (χ3n) is 3.89. The number of amides is 2. The molecule has 1 aliphatic heterocycles. The first-order valence-corrected chi connectivity index (χ1v) is 8.05. The van der Waals surface area contributed by atoms with Crippen molar-refractivity contribution in [3.8, 4) is 5.75 Å². The maximum Gasteiger partial charge on any atom is 0.244 e. The molecule has 1 N–H and O–H groups in total. The van der Waals surface area contributed by atoms with E-state index in [1.165, 1.54) is 6.92 Å². The molecule has 1 atom stereocenters. The highest BCUT2D eigenvalue weighted by molar-refractivity contribution is 5.86. The minimum Gasteiger partial charge on any atom is -0.492 e. The van der Waals surface area contributed by atoms with Crippen LogP contribution >= 0.6 is 0 Å². The number of carbonyl (C=O) groups is 2. The van der Waals surface area contributed by atoms with E-state index in [0.29, 0.717) is 19.7 Å². The maximum atomic E-state index is 12.3.